The molecule has 0 spiro atoms. The molecule has 0 aromatic heterocycles. The Bertz CT molecular complexity index is 1270. The van der Waals surface area contributed by atoms with Gasteiger partial charge in [-0.1, -0.05) is 198 Å². The van der Waals surface area contributed by atoms with Crippen molar-refractivity contribution in [2.24, 2.45) is 0 Å². The van der Waals surface area contributed by atoms with E-state index in [0.717, 1.165) is 103 Å². The SMILES string of the molecule is CC/C=C\C/C=C\C/C=C\C/C=C\C/C=C\C/C=C\C/C=C\CCCC(=O)OC(CO)COCCCCCCCCCC/C=C\C/C=C\C/C=C\C/C=C\C/C=C\CC. The molecule has 330 valence electrons. The molecule has 0 heterocycles. The molecule has 0 aromatic rings. The van der Waals surface area contributed by atoms with Crippen molar-refractivity contribution in [1.82, 2.24) is 0 Å². The van der Waals surface area contributed by atoms with E-state index in [9.17, 15) is 9.90 Å². The lowest BCUT2D eigenvalue weighted by molar-refractivity contribution is -0.154. The van der Waals surface area contributed by atoms with Gasteiger partial charge in [-0.25, -0.2) is 0 Å². The molecule has 4 nitrogen and oxygen atoms in total. The third-order valence-electron chi connectivity index (χ3n) is 9.16. The van der Waals surface area contributed by atoms with Gasteiger partial charge in [-0.3, -0.25) is 4.79 Å². The van der Waals surface area contributed by atoms with Crippen molar-refractivity contribution in [3.63, 3.8) is 0 Å². The Kier molecular flexibility index (Phi) is 47.2. The summed E-state index contributed by atoms with van der Waals surface area (Å²) in [5.41, 5.74) is 0. The van der Waals surface area contributed by atoms with Gasteiger partial charge in [-0.2, -0.15) is 0 Å². The third-order valence-corrected chi connectivity index (χ3v) is 9.16. The van der Waals surface area contributed by atoms with Crippen molar-refractivity contribution in [3.05, 3.63) is 146 Å². The smallest absolute Gasteiger partial charge is 0.306 e. The first kappa shape index (κ1) is 55.3. The average molecular weight is 811 g/mol. The monoisotopic (exact) mass is 811 g/mol. The zero-order valence-electron chi connectivity index (χ0n) is 37.7. The number of aliphatic hydroxyl groups is 1. The Balaban J connectivity index is 3.62. The predicted molar refractivity (Wildman–Crippen MR) is 260 cm³/mol. The van der Waals surface area contributed by atoms with Crippen LogP contribution < -0.4 is 0 Å². The van der Waals surface area contributed by atoms with Crippen LogP contribution in [0.1, 0.15) is 168 Å². The molecule has 0 aromatic carbocycles. The molecule has 0 aliphatic carbocycles. The second-order valence-corrected chi connectivity index (χ2v) is 14.7. The fourth-order valence-corrected chi connectivity index (χ4v) is 5.75. The molecule has 0 aliphatic rings. The first-order valence-corrected chi connectivity index (χ1v) is 23.4. The van der Waals surface area contributed by atoms with Crippen molar-refractivity contribution in [2.45, 2.75) is 174 Å². The summed E-state index contributed by atoms with van der Waals surface area (Å²) < 4.78 is 11.1. The van der Waals surface area contributed by atoms with Crippen molar-refractivity contribution in [3.8, 4) is 0 Å². The number of rotatable bonds is 41. The Morgan fingerprint density at radius 2 is 0.712 bits per heavy atom. The highest BCUT2D eigenvalue weighted by Crippen LogP contribution is 2.11. The predicted octanol–water partition coefficient (Wildman–Crippen LogP) is 16.0. The van der Waals surface area contributed by atoms with Crippen LogP contribution in [0.15, 0.2) is 146 Å². The summed E-state index contributed by atoms with van der Waals surface area (Å²) >= 11 is 0. The molecule has 4 heteroatoms. The maximum Gasteiger partial charge on any atom is 0.306 e. The first-order valence-electron chi connectivity index (χ1n) is 23.4. The number of allylic oxidation sites excluding steroid dienone is 24. The summed E-state index contributed by atoms with van der Waals surface area (Å²) in [6.07, 6.45) is 77.8. The Morgan fingerprint density at radius 1 is 0.407 bits per heavy atom. The van der Waals surface area contributed by atoms with E-state index in [2.05, 4.69) is 160 Å². The van der Waals surface area contributed by atoms with E-state index in [-0.39, 0.29) is 19.2 Å². The Labute approximate surface area is 363 Å². The lowest BCUT2D eigenvalue weighted by Crippen LogP contribution is -2.27. The van der Waals surface area contributed by atoms with Crippen LogP contribution in [-0.2, 0) is 14.3 Å². The maximum absolute atomic E-state index is 12.2. The topological polar surface area (TPSA) is 55.8 Å². The van der Waals surface area contributed by atoms with Crippen LogP contribution in [0.2, 0.25) is 0 Å². The number of carbonyl (C=O) groups is 1. The molecule has 0 bridgehead atoms. The summed E-state index contributed by atoms with van der Waals surface area (Å²) in [5.74, 6) is -0.268. The summed E-state index contributed by atoms with van der Waals surface area (Å²) in [4.78, 5) is 12.2. The van der Waals surface area contributed by atoms with Crippen molar-refractivity contribution >= 4 is 5.97 Å². The molecule has 1 N–H and O–H groups in total. The number of hydrogen-bond acceptors (Lipinski definition) is 4. The lowest BCUT2D eigenvalue weighted by atomic mass is 10.1. The lowest BCUT2D eigenvalue weighted by Gasteiger charge is -2.15. The van der Waals surface area contributed by atoms with Gasteiger partial charge in [0.05, 0.1) is 13.2 Å². The van der Waals surface area contributed by atoms with Crippen molar-refractivity contribution in [2.75, 3.05) is 19.8 Å². The van der Waals surface area contributed by atoms with Gasteiger partial charge in [-0.15, -0.1) is 0 Å². The van der Waals surface area contributed by atoms with Crippen LogP contribution in [0.4, 0.5) is 0 Å². The van der Waals surface area contributed by atoms with Crippen LogP contribution in [0.25, 0.3) is 0 Å². The van der Waals surface area contributed by atoms with Crippen LogP contribution in [0.3, 0.4) is 0 Å². The van der Waals surface area contributed by atoms with Crippen molar-refractivity contribution in [1.29, 1.82) is 0 Å². The van der Waals surface area contributed by atoms with Gasteiger partial charge < -0.3 is 14.6 Å². The number of unbranched alkanes of at least 4 members (excludes halogenated alkanes) is 9. The molecule has 0 saturated heterocycles. The van der Waals surface area contributed by atoms with Gasteiger partial charge in [0.1, 0.15) is 6.10 Å². The maximum atomic E-state index is 12.2. The molecule has 1 atom stereocenters. The van der Waals surface area contributed by atoms with Crippen LogP contribution in [-0.4, -0.2) is 37.0 Å². The van der Waals surface area contributed by atoms with E-state index >= 15 is 0 Å². The van der Waals surface area contributed by atoms with Gasteiger partial charge in [0.15, 0.2) is 0 Å². The number of carbonyl (C=O) groups excluding carboxylic acids is 1. The molecule has 0 fully saturated rings. The first-order chi connectivity index (χ1) is 29.2. The molecule has 0 radical (unpaired) electrons. The minimum Gasteiger partial charge on any atom is -0.457 e. The summed E-state index contributed by atoms with van der Waals surface area (Å²) in [6, 6.07) is 0. The zero-order valence-corrected chi connectivity index (χ0v) is 37.7. The van der Waals surface area contributed by atoms with Crippen LogP contribution in [0.5, 0.6) is 0 Å². The van der Waals surface area contributed by atoms with Gasteiger partial charge in [-0.05, 0) is 109 Å². The molecule has 59 heavy (non-hydrogen) atoms. The van der Waals surface area contributed by atoms with E-state index < -0.39 is 6.10 Å². The molecular formula is C55H86O4. The number of aliphatic hydroxyl groups excluding tert-OH is 1. The molecule has 0 amide bonds. The Hall–Kier alpha value is -3.73. The number of ether oxygens (including phenoxy) is 2. The zero-order chi connectivity index (χ0) is 42.6. The Morgan fingerprint density at radius 3 is 1.07 bits per heavy atom. The second kappa shape index (κ2) is 50.4. The average Bonchev–Trinajstić information content (AvgIpc) is 3.24. The van der Waals surface area contributed by atoms with Gasteiger partial charge in [0.2, 0.25) is 0 Å². The molecule has 1 unspecified atom stereocenters. The highest BCUT2D eigenvalue weighted by atomic mass is 16.6. The highest BCUT2D eigenvalue weighted by Gasteiger charge is 2.13. The second-order valence-electron chi connectivity index (χ2n) is 14.7. The normalized spacial score (nSPS) is 13.7. The van der Waals surface area contributed by atoms with Crippen molar-refractivity contribution < 1.29 is 19.4 Å². The minimum absolute atomic E-state index is 0.210. The van der Waals surface area contributed by atoms with Crippen LogP contribution in [0, 0.1) is 0 Å². The fraction of sp³-hybridized carbons (Fsp3) is 0.545. The summed E-state index contributed by atoms with van der Waals surface area (Å²) in [5, 5.41) is 9.63. The number of esters is 1. The largest absolute Gasteiger partial charge is 0.457 e. The highest BCUT2D eigenvalue weighted by molar-refractivity contribution is 5.69. The molecule has 0 saturated carbocycles. The van der Waals surface area contributed by atoms with E-state index in [1.54, 1.807) is 0 Å². The van der Waals surface area contributed by atoms with E-state index in [0.29, 0.717) is 13.0 Å². The standard InChI is InChI=1S/C55H86O4/c1-3-5-7-9-11-13-15-17-19-21-23-25-27-29-31-33-35-37-39-41-43-45-47-49-51-58-53-54(52-56)59-55(57)50-48-46-44-42-40-38-36-34-32-30-28-26-24-22-20-18-16-14-12-10-8-6-4-2/h5-8,11-14,17-20,23-26,29-32,36,38,42,44,54,56H,3-4,9-10,15-16,21-22,27-28,33-35,37,39-41,43,45-53H2,1-2H3/b7-5-,8-6-,13-11-,14-12-,19-17-,20-18-,25-23-,26-24-,31-29-,32-30-,38-36-,44-42-. The van der Waals surface area contributed by atoms with E-state index in [4.69, 9.17) is 9.47 Å². The van der Waals surface area contributed by atoms with Crippen LogP contribution >= 0.6 is 0 Å². The van der Waals surface area contributed by atoms with E-state index in [1.165, 1.54) is 44.9 Å². The summed E-state index contributed by atoms with van der Waals surface area (Å²) in [6.45, 7) is 5.01. The number of hydrogen-bond donors (Lipinski definition) is 1. The van der Waals surface area contributed by atoms with Gasteiger partial charge in [0.25, 0.3) is 0 Å². The van der Waals surface area contributed by atoms with Gasteiger partial charge in [0, 0.05) is 13.0 Å². The fourth-order valence-electron chi connectivity index (χ4n) is 5.75. The van der Waals surface area contributed by atoms with Gasteiger partial charge >= 0.3 is 5.97 Å². The third kappa shape index (κ3) is 48.5. The minimum atomic E-state index is -0.583. The molecule has 0 rings (SSSR count). The summed E-state index contributed by atoms with van der Waals surface area (Å²) in [7, 11) is 0. The van der Waals surface area contributed by atoms with E-state index in [1.807, 2.05) is 0 Å². The molecular weight excluding hydrogens is 725 g/mol. The molecule has 0 aliphatic heterocycles. The quantitative estimate of drug-likeness (QED) is 0.0380.